The van der Waals surface area contributed by atoms with Crippen LogP contribution >= 0.6 is 0 Å². The Morgan fingerprint density at radius 1 is 0.778 bits per heavy atom. The molecule has 0 saturated carbocycles. The summed E-state index contributed by atoms with van der Waals surface area (Å²) in [5.74, 6) is 0.836. The molecular formula is C16H18O2. The molecule has 2 rings (SSSR count). The van der Waals surface area contributed by atoms with E-state index in [0.717, 1.165) is 22.3 Å². The molecule has 1 atom stereocenters. The molecular weight excluding hydrogens is 224 g/mol. The lowest BCUT2D eigenvalue weighted by Gasteiger charge is -2.14. The molecule has 0 aliphatic rings. The van der Waals surface area contributed by atoms with E-state index in [1.807, 2.05) is 44.2 Å². The third kappa shape index (κ3) is 2.33. The summed E-state index contributed by atoms with van der Waals surface area (Å²) in [4.78, 5) is 0. The van der Waals surface area contributed by atoms with Gasteiger partial charge in [-0.15, -0.1) is 0 Å². The molecule has 94 valence electrons. The van der Waals surface area contributed by atoms with Gasteiger partial charge in [-0.1, -0.05) is 31.2 Å². The maximum atomic E-state index is 9.75. The minimum atomic E-state index is 0.191. The van der Waals surface area contributed by atoms with Gasteiger partial charge >= 0.3 is 0 Å². The molecule has 0 heterocycles. The summed E-state index contributed by atoms with van der Waals surface area (Å²) in [7, 11) is 0. The summed E-state index contributed by atoms with van der Waals surface area (Å²) in [6.07, 6.45) is 0. The quantitative estimate of drug-likeness (QED) is 0.839. The molecule has 2 aromatic rings. The minimum absolute atomic E-state index is 0.191. The van der Waals surface area contributed by atoms with Crippen LogP contribution in [0.15, 0.2) is 36.4 Å². The van der Waals surface area contributed by atoms with Crippen molar-refractivity contribution in [2.24, 2.45) is 0 Å². The van der Waals surface area contributed by atoms with Crippen molar-refractivity contribution in [2.75, 3.05) is 0 Å². The van der Waals surface area contributed by atoms with Gasteiger partial charge in [0, 0.05) is 5.92 Å². The van der Waals surface area contributed by atoms with Gasteiger partial charge in [-0.2, -0.15) is 0 Å². The van der Waals surface area contributed by atoms with Crippen LogP contribution in [0.2, 0.25) is 0 Å². The largest absolute Gasteiger partial charge is 0.508 e. The van der Waals surface area contributed by atoms with Gasteiger partial charge in [-0.05, 0) is 48.2 Å². The van der Waals surface area contributed by atoms with E-state index in [9.17, 15) is 10.2 Å². The summed E-state index contributed by atoms with van der Waals surface area (Å²) in [6, 6.07) is 11.4. The van der Waals surface area contributed by atoms with Crippen LogP contribution in [-0.4, -0.2) is 10.2 Å². The van der Waals surface area contributed by atoms with Crippen LogP contribution in [0.5, 0.6) is 11.5 Å². The van der Waals surface area contributed by atoms with E-state index < -0.39 is 0 Å². The van der Waals surface area contributed by atoms with Crippen LogP contribution in [0.4, 0.5) is 0 Å². The van der Waals surface area contributed by atoms with Gasteiger partial charge in [-0.25, -0.2) is 0 Å². The molecule has 0 aromatic heterocycles. The predicted octanol–water partition coefficient (Wildman–Crippen LogP) is 3.87. The number of benzene rings is 2. The molecule has 0 radical (unpaired) electrons. The van der Waals surface area contributed by atoms with Gasteiger partial charge in [-0.3, -0.25) is 0 Å². The second-order valence-electron chi connectivity index (χ2n) is 4.81. The number of phenols is 2. The fraction of sp³-hybridized carbons (Fsp3) is 0.250. The number of hydrogen-bond acceptors (Lipinski definition) is 2. The molecule has 0 aliphatic heterocycles. The number of hydrogen-bond donors (Lipinski definition) is 2. The Morgan fingerprint density at radius 2 is 1.39 bits per heavy atom. The fourth-order valence-electron chi connectivity index (χ4n) is 2.04. The third-order valence-corrected chi connectivity index (χ3v) is 3.45. The van der Waals surface area contributed by atoms with Crippen molar-refractivity contribution in [2.45, 2.75) is 26.7 Å². The number of phenolic OH excluding ortho intramolecular Hbond substituents is 2. The van der Waals surface area contributed by atoms with Crippen LogP contribution in [-0.2, 0) is 0 Å². The van der Waals surface area contributed by atoms with Crippen molar-refractivity contribution in [1.82, 2.24) is 0 Å². The van der Waals surface area contributed by atoms with E-state index in [1.165, 1.54) is 0 Å². The SMILES string of the molecule is Cc1cc(C(C)c2ccc(C)c(O)c2)ccc1O. The molecule has 0 fully saturated rings. The van der Waals surface area contributed by atoms with Gasteiger partial charge in [0.15, 0.2) is 0 Å². The average Bonchev–Trinajstić information content (AvgIpc) is 2.35. The first-order valence-corrected chi connectivity index (χ1v) is 6.08. The summed E-state index contributed by atoms with van der Waals surface area (Å²) >= 11 is 0. The van der Waals surface area contributed by atoms with Gasteiger partial charge in [0.25, 0.3) is 0 Å². The first-order valence-electron chi connectivity index (χ1n) is 6.08. The Kier molecular flexibility index (Phi) is 3.28. The molecule has 0 bridgehead atoms. The van der Waals surface area contributed by atoms with Crippen molar-refractivity contribution in [3.8, 4) is 11.5 Å². The maximum Gasteiger partial charge on any atom is 0.118 e. The van der Waals surface area contributed by atoms with E-state index in [4.69, 9.17) is 0 Å². The van der Waals surface area contributed by atoms with Gasteiger partial charge < -0.3 is 10.2 Å². The first kappa shape index (κ1) is 12.5. The molecule has 2 N–H and O–H groups in total. The zero-order chi connectivity index (χ0) is 13.3. The van der Waals surface area contributed by atoms with Gasteiger partial charge in [0.2, 0.25) is 0 Å². The van der Waals surface area contributed by atoms with E-state index in [-0.39, 0.29) is 5.92 Å². The lowest BCUT2D eigenvalue weighted by Crippen LogP contribution is -1.96. The first-order chi connectivity index (χ1) is 8.49. The highest BCUT2D eigenvalue weighted by molar-refractivity contribution is 5.43. The Hall–Kier alpha value is -1.96. The smallest absolute Gasteiger partial charge is 0.118 e. The predicted molar refractivity (Wildman–Crippen MR) is 73.2 cm³/mol. The molecule has 0 amide bonds. The second kappa shape index (κ2) is 4.73. The Morgan fingerprint density at radius 3 is 2.00 bits per heavy atom. The van der Waals surface area contributed by atoms with Gasteiger partial charge in [0.05, 0.1) is 0 Å². The molecule has 18 heavy (non-hydrogen) atoms. The third-order valence-electron chi connectivity index (χ3n) is 3.45. The number of aromatic hydroxyl groups is 2. The van der Waals surface area contributed by atoms with Crippen LogP contribution in [0.25, 0.3) is 0 Å². The highest BCUT2D eigenvalue weighted by Gasteiger charge is 2.11. The molecule has 2 nitrogen and oxygen atoms in total. The van der Waals surface area contributed by atoms with Crippen LogP contribution in [0.3, 0.4) is 0 Å². The van der Waals surface area contributed by atoms with Crippen LogP contribution < -0.4 is 0 Å². The van der Waals surface area contributed by atoms with Crippen LogP contribution in [0, 0.1) is 13.8 Å². The standard InChI is InChI=1S/C16H18O2/c1-10-4-5-14(9-16(10)18)12(3)13-6-7-15(17)11(2)8-13/h4-9,12,17-18H,1-3H3. The highest BCUT2D eigenvalue weighted by atomic mass is 16.3. The summed E-state index contributed by atoms with van der Waals surface area (Å²) in [6.45, 7) is 5.86. The Labute approximate surface area is 108 Å². The number of rotatable bonds is 2. The molecule has 0 spiro atoms. The molecule has 0 saturated heterocycles. The average molecular weight is 242 g/mol. The van der Waals surface area contributed by atoms with E-state index in [2.05, 4.69) is 6.92 Å². The van der Waals surface area contributed by atoms with E-state index in [1.54, 1.807) is 6.07 Å². The zero-order valence-corrected chi connectivity index (χ0v) is 10.9. The Balaban J connectivity index is 2.37. The normalized spacial score (nSPS) is 12.4. The summed E-state index contributed by atoms with van der Waals surface area (Å²) in [5.41, 5.74) is 3.96. The zero-order valence-electron chi connectivity index (χ0n) is 10.9. The lowest BCUT2D eigenvalue weighted by molar-refractivity contribution is 0.469. The monoisotopic (exact) mass is 242 g/mol. The van der Waals surface area contributed by atoms with Crippen molar-refractivity contribution in [3.63, 3.8) is 0 Å². The van der Waals surface area contributed by atoms with Crippen molar-refractivity contribution >= 4 is 0 Å². The van der Waals surface area contributed by atoms with Crippen molar-refractivity contribution in [1.29, 1.82) is 0 Å². The number of aryl methyl sites for hydroxylation is 2. The topological polar surface area (TPSA) is 40.5 Å². The summed E-state index contributed by atoms with van der Waals surface area (Å²) in [5, 5.41) is 19.3. The minimum Gasteiger partial charge on any atom is -0.508 e. The van der Waals surface area contributed by atoms with Crippen molar-refractivity contribution < 1.29 is 10.2 Å². The Bertz CT molecular complexity index is 522. The molecule has 1 unspecified atom stereocenters. The van der Waals surface area contributed by atoms with E-state index in [0.29, 0.717) is 11.5 Å². The van der Waals surface area contributed by atoms with E-state index >= 15 is 0 Å². The molecule has 0 aliphatic carbocycles. The molecule has 2 aromatic carbocycles. The highest BCUT2D eigenvalue weighted by Crippen LogP contribution is 2.30. The molecule has 2 heteroatoms. The lowest BCUT2D eigenvalue weighted by atomic mass is 9.91. The van der Waals surface area contributed by atoms with Crippen molar-refractivity contribution in [3.05, 3.63) is 58.7 Å². The fourth-order valence-corrected chi connectivity index (χ4v) is 2.04. The summed E-state index contributed by atoms with van der Waals surface area (Å²) < 4.78 is 0. The second-order valence-corrected chi connectivity index (χ2v) is 4.81. The maximum absolute atomic E-state index is 9.75. The van der Waals surface area contributed by atoms with Crippen LogP contribution in [0.1, 0.15) is 35.1 Å². The van der Waals surface area contributed by atoms with Gasteiger partial charge in [0.1, 0.15) is 11.5 Å².